The first kappa shape index (κ1) is 48.9. The Morgan fingerprint density at radius 1 is 0.400 bits per heavy atom. The maximum absolute atomic E-state index is 12.7. The molecular formula is C44H90N2O4+2. The first-order valence-electron chi connectivity index (χ1n) is 22.1. The minimum absolute atomic E-state index is 0.0876. The van der Waals surface area contributed by atoms with Crippen LogP contribution in [0.15, 0.2) is 0 Å². The molecule has 0 aromatic heterocycles. The third-order valence-corrected chi connectivity index (χ3v) is 11.0. The van der Waals surface area contributed by atoms with Gasteiger partial charge in [-0.15, -0.1) is 0 Å². The fraction of sp³-hybridized carbons (Fsp3) is 0.955. The molecule has 0 saturated heterocycles. The van der Waals surface area contributed by atoms with Gasteiger partial charge in [-0.3, -0.25) is 18.6 Å². The van der Waals surface area contributed by atoms with Crippen molar-refractivity contribution in [2.24, 2.45) is 0 Å². The summed E-state index contributed by atoms with van der Waals surface area (Å²) in [6, 6.07) is 0. The van der Waals surface area contributed by atoms with Crippen LogP contribution in [0.4, 0.5) is 0 Å². The lowest BCUT2D eigenvalue weighted by Crippen LogP contribution is -2.66. The largest absolute Gasteiger partial charge is 0.466 e. The lowest BCUT2D eigenvalue weighted by Gasteiger charge is -2.46. The van der Waals surface area contributed by atoms with Crippen LogP contribution in [0.5, 0.6) is 0 Å². The molecule has 6 nitrogen and oxygen atoms in total. The second-order valence-electron chi connectivity index (χ2n) is 16.7. The van der Waals surface area contributed by atoms with Gasteiger partial charge in [0.1, 0.15) is 0 Å². The van der Waals surface area contributed by atoms with E-state index in [-0.39, 0.29) is 30.9 Å². The van der Waals surface area contributed by atoms with Crippen LogP contribution in [-0.2, 0) is 19.1 Å². The third kappa shape index (κ3) is 29.4. The van der Waals surface area contributed by atoms with Crippen LogP contribution >= 0.6 is 0 Å². The van der Waals surface area contributed by atoms with Gasteiger partial charge in [0.05, 0.1) is 60.7 Å². The summed E-state index contributed by atoms with van der Waals surface area (Å²) in [6.45, 7) is 9.27. The van der Waals surface area contributed by atoms with E-state index in [4.69, 9.17) is 9.47 Å². The van der Waals surface area contributed by atoms with E-state index < -0.39 is 0 Å². The van der Waals surface area contributed by atoms with Crippen molar-refractivity contribution in [2.75, 3.05) is 54.5 Å². The smallest absolute Gasteiger partial charge is 0.306 e. The fourth-order valence-corrected chi connectivity index (χ4v) is 7.65. The van der Waals surface area contributed by atoms with Crippen LogP contribution in [0, 0.1) is 0 Å². The molecule has 0 rings (SSSR count). The molecule has 0 N–H and O–H groups in total. The molecule has 0 amide bonds. The van der Waals surface area contributed by atoms with Crippen LogP contribution in [0.2, 0.25) is 0 Å². The Kier molecular flexibility index (Phi) is 32.9. The Morgan fingerprint density at radius 3 is 0.940 bits per heavy atom. The highest BCUT2D eigenvalue weighted by Crippen LogP contribution is 2.22. The number of quaternary nitrogens is 2. The van der Waals surface area contributed by atoms with Gasteiger partial charge in [-0.2, -0.15) is 0 Å². The van der Waals surface area contributed by atoms with Crippen LogP contribution in [0.1, 0.15) is 213 Å². The second-order valence-corrected chi connectivity index (χ2v) is 16.7. The van der Waals surface area contributed by atoms with E-state index in [1.807, 2.05) is 0 Å². The molecule has 298 valence electrons. The molecule has 0 unspecified atom stereocenters. The lowest BCUT2D eigenvalue weighted by molar-refractivity contribution is -1.10. The standard InChI is InChI=1S/C44H90N2O4/c1-8-11-13-15-17-19-21-23-25-27-29-31-33-35-39-45(4,5)42(41-50-44(48)38-37-43(47)49-10-3)46(6,7)40-36-34-32-30-28-26-24-22-20-18-16-14-12-9-2/h42H,8-41H2,1-7H3/q+2. The predicted octanol–water partition coefficient (Wildman–Crippen LogP) is 12.3. The quantitative estimate of drug-likeness (QED) is 0.0277. The second kappa shape index (κ2) is 33.7. The molecule has 0 aliphatic carbocycles. The van der Waals surface area contributed by atoms with Gasteiger partial charge < -0.3 is 9.47 Å². The lowest BCUT2D eigenvalue weighted by atomic mass is 10.0. The van der Waals surface area contributed by atoms with E-state index in [2.05, 4.69) is 42.0 Å². The number of esters is 2. The van der Waals surface area contributed by atoms with Crippen LogP contribution in [0.25, 0.3) is 0 Å². The zero-order valence-electron chi connectivity index (χ0n) is 35.1. The van der Waals surface area contributed by atoms with Gasteiger partial charge in [0.2, 0.25) is 0 Å². The van der Waals surface area contributed by atoms with Crippen molar-refractivity contribution in [3.8, 4) is 0 Å². The molecule has 0 aromatic rings. The van der Waals surface area contributed by atoms with Crippen LogP contribution < -0.4 is 0 Å². The predicted molar refractivity (Wildman–Crippen MR) is 215 cm³/mol. The van der Waals surface area contributed by atoms with Crippen molar-refractivity contribution in [1.82, 2.24) is 0 Å². The van der Waals surface area contributed by atoms with Gasteiger partial charge in [0.15, 0.2) is 6.61 Å². The van der Waals surface area contributed by atoms with Gasteiger partial charge in [0.25, 0.3) is 6.17 Å². The number of unbranched alkanes of at least 4 members (excludes halogenated alkanes) is 26. The van der Waals surface area contributed by atoms with E-state index in [1.54, 1.807) is 6.92 Å². The van der Waals surface area contributed by atoms with E-state index in [0.29, 0.717) is 13.2 Å². The minimum Gasteiger partial charge on any atom is -0.466 e. The monoisotopic (exact) mass is 711 g/mol. The highest BCUT2D eigenvalue weighted by atomic mass is 16.5. The van der Waals surface area contributed by atoms with E-state index in [0.717, 1.165) is 22.1 Å². The van der Waals surface area contributed by atoms with Crippen molar-refractivity contribution < 1.29 is 28.0 Å². The Morgan fingerprint density at radius 2 is 0.660 bits per heavy atom. The molecule has 0 aliphatic heterocycles. The molecule has 0 aromatic carbocycles. The van der Waals surface area contributed by atoms with Gasteiger partial charge in [-0.05, 0) is 32.6 Å². The third-order valence-electron chi connectivity index (χ3n) is 11.0. The number of rotatable bonds is 38. The molecular weight excluding hydrogens is 620 g/mol. The number of carbonyl (C=O) groups excluding carboxylic acids is 2. The van der Waals surface area contributed by atoms with Gasteiger partial charge in [-0.1, -0.05) is 168 Å². The van der Waals surface area contributed by atoms with Gasteiger partial charge in [0, 0.05) is 0 Å². The maximum atomic E-state index is 12.7. The van der Waals surface area contributed by atoms with E-state index in [9.17, 15) is 9.59 Å². The Labute approximate surface area is 313 Å². The van der Waals surface area contributed by atoms with E-state index in [1.165, 1.54) is 180 Å². The normalized spacial score (nSPS) is 12.2. The van der Waals surface area contributed by atoms with Crippen LogP contribution in [-0.4, -0.2) is 81.6 Å². The average Bonchev–Trinajstić information content (AvgIpc) is 3.07. The zero-order valence-corrected chi connectivity index (χ0v) is 35.1. The molecule has 6 heteroatoms. The molecule has 50 heavy (non-hydrogen) atoms. The number of nitrogens with zero attached hydrogens (tertiary/aromatic N) is 2. The summed E-state index contributed by atoms with van der Waals surface area (Å²) in [6.07, 6.45) is 38.7. The Balaban J connectivity index is 4.59. The number of carbonyl (C=O) groups is 2. The van der Waals surface area contributed by atoms with Crippen LogP contribution in [0.3, 0.4) is 0 Å². The summed E-state index contributed by atoms with van der Waals surface area (Å²) in [4.78, 5) is 24.5. The first-order valence-corrected chi connectivity index (χ1v) is 22.1. The summed E-state index contributed by atoms with van der Waals surface area (Å²) < 4.78 is 12.6. The first-order chi connectivity index (χ1) is 24.1. The molecule has 0 spiro atoms. The average molecular weight is 711 g/mol. The molecule has 0 bridgehead atoms. The highest BCUT2D eigenvalue weighted by Gasteiger charge is 2.42. The number of hydrogen-bond acceptors (Lipinski definition) is 4. The number of ether oxygens (including phenoxy) is 2. The summed E-state index contributed by atoms with van der Waals surface area (Å²) in [5.74, 6) is -0.625. The Hall–Kier alpha value is -1.14. The minimum atomic E-state index is -0.330. The highest BCUT2D eigenvalue weighted by molar-refractivity contribution is 5.77. The summed E-state index contributed by atoms with van der Waals surface area (Å²) in [7, 11) is 9.30. The Bertz CT molecular complexity index is 725. The molecule has 0 heterocycles. The van der Waals surface area contributed by atoms with Crippen molar-refractivity contribution in [3.05, 3.63) is 0 Å². The summed E-state index contributed by atoms with van der Waals surface area (Å²) in [5, 5.41) is 0. The van der Waals surface area contributed by atoms with Crippen molar-refractivity contribution in [3.63, 3.8) is 0 Å². The zero-order chi connectivity index (χ0) is 37.2. The molecule has 0 saturated carbocycles. The van der Waals surface area contributed by atoms with Crippen molar-refractivity contribution in [2.45, 2.75) is 220 Å². The molecule has 0 fully saturated rings. The summed E-state index contributed by atoms with van der Waals surface area (Å²) >= 11 is 0. The number of likely N-dealkylation sites (N-methyl/N-ethyl adjacent to an activating group) is 2. The molecule has 0 atom stereocenters. The van der Waals surface area contributed by atoms with Gasteiger partial charge in [-0.25, -0.2) is 0 Å². The van der Waals surface area contributed by atoms with Crippen molar-refractivity contribution >= 4 is 11.9 Å². The van der Waals surface area contributed by atoms with Gasteiger partial charge >= 0.3 is 11.9 Å². The van der Waals surface area contributed by atoms with Crippen molar-refractivity contribution in [1.29, 1.82) is 0 Å². The maximum Gasteiger partial charge on any atom is 0.306 e. The summed E-state index contributed by atoms with van der Waals surface area (Å²) in [5.41, 5.74) is 0. The molecule has 0 aliphatic rings. The fourth-order valence-electron chi connectivity index (χ4n) is 7.65. The number of hydrogen-bond donors (Lipinski definition) is 0. The topological polar surface area (TPSA) is 52.6 Å². The SMILES string of the molecule is CCCCCCCCCCCCCCCC[N+](C)(C)C(COC(=O)CCC(=O)OCC)[N+](C)(C)CCCCCCCCCCCCCCCC. The molecule has 0 radical (unpaired) electrons. The van der Waals surface area contributed by atoms with E-state index >= 15 is 0 Å².